The van der Waals surface area contributed by atoms with Crippen molar-refractivity contribution in [3.8, 4) is 11.5 Å². The van der Waals surface area contributed by atoms with Crippen LogP contribution in [0.2, 0.25) is 0 Å². The lowest BCUT2D eigenvalue weighted by Gasteiger charge is -2.36. The topological polar surface area (TPSA) is 100 Å². The predicted molar refractivity (Wildman–Crippen MR) is 109 cm³/mol. The third kappa shape index (κ3) is 4.06. The lowest BCUT2D eigenvalue weighted by Crippen LogP contribution is -2.58. The van der Waals surface area contributed by atoms with Crippen LogP contribution in [0.5, 0.6) is 0 Å². The van der Waals surface area contributed by atoms with Crippen molar-refractivity contribution in [2.75, 3.05) is 13.1 Å². The summed E-state index contributed by atoms with van der Waals surface area (Å²) in [6.45, 7) is 1.09. The van der Waals surface area contributed by atoms with Gasteiger partial charge in [-0.2, -0.15) is 0 Å². The van der Waals surface area contributed by atoms with Gasteiger partial charge in [-0.3, -0.25) is 14.5 Å². The van der Waals surface area contributed by atoms with Crippen LogP contribution >= 0.6 is 0 Å². The van der Waals surface area contributed by atoms with Crippen molar-refractivity contribution in [1.29, 1.82) is 0 Å². The molecule has 0 bridgehead atoms. The first-order valence-electron chi connectivity index (χ1n) is 11.0. The molecule has 2 saturated heterocycles. The smallest absolute Gasteiger partial charge is 0.250 e. The number of fused-ring (bicyclic) bond motifs is 1. The predicted octanol–water partition coefficient (Wildman–Crippen LogP) is 1.67. The lowest BCUT2D eigenvalue weighted by molar-refractivity contribution is -0.129. The summed E-state index contributed by atoms with van der Waals surface area (Å²) >= 11 is 0. The number of rotatable bonds is 5. The monoisotopic (exact) mass is 427 g/mol. The Morgan fingerprint density at radius 1 is 1.26 bits per heavy atom. The van der Waals surface area contributed by atoms with E-state index in [1.807, 2.05) is 0 Å². The highest BCUT2D eigenvalue weighted by atomic mass is 19.1. The molecule has 164 valence electrons. The maximum absolute atomic E-state index is 14.0. The van der Waals surface area contributed by atoms with Gasteiger partial charge in [0, 0.05) is 37.5 Å². The van der Waals surface area contributed by atoms with Crippen molar-refractivity contribution in [3.05, 3.63) is 36.0 Å². The second kappa shape index (κ2) is 8.37. The van der Waals surface area contributed by atoms with E-state index in [2.05, 4.69) is 25.7 Å². The molecule has 9 heteroatoms. The zero-order chi connectivity index (χ0) is 21.4. The van der Waals surface area contributed by atoms with Crippen LogP contribution in [0.15, 0.2) is 28.7 Å². The van der Waals surface area contributed by atoms with Crippen LogP contribution in [0, 0.1) is 11.7 Å². The van der Waals surface area contributed by atoms with E-state index in [1.165, 1.54) is 6.07 Å². The van der Waals surface area contributed by atoms with Gasteiger partial charge >= 0.3 is 0 Å². The van der Waals surface area contributed by atoms with E-state index < -0.39 is 5.82 Å². The van der Waals surface area contributed by atoms with Crippen molar-refractivity contribution in [2.24, 2.45) is 5.92 Å². The highest BCUT2D eigenvalue weighted by Gasteiger charge is 2.44. The number of halogens is 1. The molecular weight excluding hydrogens is 401 g/mol. The number of benzene rings is 1. The van der Waals surface area contributed by atoms with Crippen LogP contribution in [-0.4, -0.2) is 58.1 Å². The van der Waals surface area contributed by atoms with Gasteiger partial charge in [0.1, 0.15) is 5.82 Å². The Labute approximate surface area is 179 Å². The van der Waals surface area contributed by atoms with E-state index in [0.29, 0.717) is 31.8 Å². The molecule has 31 heavy (non-hydrogen) atoms. The molecule has 1 aliphatic carbocycles. The summed E-state index contributed by atoms with van der Waals surface area (Å²) in [5.74, 6) is 0.349. The van der Waals surface area contributed by atoms with Gasteiger partial charge in [0.05, 0.1) is 11.6 Å². The molecule has 1 aromatic carbocycles. The number of hydrogen-bond donors (Lipinski definition) is 2. The van der Waals surface area contributed by atoms with Crippen molar-refractivity contribution in [2.45, 2.75) is 56.7 Å². The van der Waals surface area contributed by atoms with Crippen molar-refractivity contribution in [1.82, 2.24) is 25.7 Å². The summed E-state index contributed by atoms with van der Waals surface area (Å²) < 4.78 is 19.7. The quantitative estimate of drug-likeness (QED) is 0.753. The standard InChI is InChI=1S/C22H26FN5O3/c23-17-8-4-3-7-16(17)22-27-26-19(31-22)10-15-11-24-21(30)18-9-14(12-28(15)18)25-20(29)13-5-1-2-6-13/h3-4,7-8,13-15,18H,1-2,5-6,9-12H2,(H,24,30)(H,25,29)/t14-,15+,18-/m0/s1. The normalized spacial score (nSPS) is 26.6. The average molecular weight is 427 g/mol. The summed E-state index contributed by atoms with van der Waals surface area (Å²) in [5, 5.41) is 14.2. The van der Waals surface area contributed by atoms with Gasteiger partial charge in [-0.25, -0.2) is 4.39 Å². The van der Waals surface area contributed by atoms with Crippen LogP contribution in [0.3, 0.4) is 0 Å². The molecule has 2 aliphatic heterocycles. The van der Waals surface area contributed by atoms with Gasteiger partial charge < -0.3 is 15.1 Å². The Kier molecular flexibility index (Phi) is 5.43. The van der Waals surface area contributed by atoms with Crippen LogP contribution in [0.1, 0.15) is 38.0 Å². The highest BCUT2D eigenvalue weighted by molar-refractivity contribution is 5.84. The molecule has 3 atom stereocenters. The van der Waals surface area contributed by atoms with E-state index in [9.17, 15) is 14.0 Å². The number of nitrogens with one attached hydrogen (secondary N) is 2. The molecule has 0 radical (unpaired) electrons. The molecule has 5 rings (SSSR count). The molecular formula is C22H26FN5O3. The van der Waals surface area contributed by atoms with E-state index in [1.54, 1.807) is 18.2 Å². The summed E-state index contributed by atoms with van der Waals surface area (Å²) in [5.41, 5.74) is 0.270. The van der Waals surface area contributed by atoms with E-state index in [0.717, 1.165) is 25.7 Å². The van der Waals surface area contributed by atoms with Crippen LogP contribution < -0.4 is 10.6 Å². The molecule has 1 aromatic heterocycles. The van der Waals surface area contributed by atoms with Crippen molar-refractivity contribution < 1.29 is 18.4 Å². The summed E-state index contributed by atoms with van der Waals surface area (Å²) in [7, 11) is 0. The Bertz CT molecular complexity index is 974. The number of carbonyl (C=O) groups is 2. The van der Waals surface area contributed by atoms with Gasteiger partial charge in [0.15, 0.2) is 0 Å². The first-order valence-corrected chi connectivity index (χ1v) is 11.0. The van der Waals surface area contributed by atoms with Gasteiger partial charge in [-0.15, -0.1) is 10.2 Å². The third-order valence-electron chi connectivity index (χ3n) is 6.68. The molecule has 8 nitrogen and oxygen atoms in total. The minimum atomic E-state index is -0.414. The minimum absolute atomic E-state index is 0.00793. The van der Waals surface area contributed by atoms with Crippen LogP contribution in [0.4, 0.5) is 4.39 Å². The minimum Gasteiger partial charge on any atom is -0.421 e. The molecule has 1 saturated carbocycles. The van der Waals surface area contributed by atoms with Gasteiger partial charge in [0.25, 0.3) is 5.89 Å². The molecule has 2 aromatic rings. The first-order chi connectivity index (χ1) is 15.1. The fourth-order valence-electron chi connectivity index (χ4n) is 5.06. The highest BCUT2D eigenvalue weighted by Crippen LogP contribution is 2.29. The Hall–Kier alpha value is -2.81. The number of carbonyl (C=O) groups excluding carboxylic acids is 2. The summed E-state index contributed by atoms with van der Waals surface area (Å²) in [6.07, 6.45) is 5.18. The average Bonchev–Trinajstić information content (AvgIpc) is 3.51. The molecule has 0 unspecified atom stereocenters. The zero-order valence-corrected chi connectivity index (χ0v) is 17.2. The van der Waals surface area contributed by atoms with Crippen LogP contribution in [0.25, 0.3) is 11.5 Å². The van der Waals surface area contributed by atoms with Crippen molar-refractivity contribution >= 4 is 11.8 Å². The molecule has 3 fully saturated rings. The zero-order valence-electron chi connectivity index (χ0n) is 17.2. The van der Waals surface area contributed by atoms with Gasteiger partial charge in [-0.05, 0) is 31.4 Å². The van der Waals surface area contributed by atoms with Crippen molar-refractivity contribution in [3.63, 3.8) is 0 Å². The molecule has 2 N–H and O–H groups in total. The maximum atomic E-state index is 14.0. The Morgan fingerprint density at radius 2 is 2.06 bits per heavy atom. The fraction of sp³-hybridized carbons (Fsp3) is 0.545. The lowest BCUT2D eigenvalue weighted by atomic mass is 10.0. The largest absolute Gasteiger partial charge is 0.421 e. The van der Waals surface area contributed by atoms with Crippen LogP contribution in [-0.2, 0) is 16.0 Å². The second-order valence-electron chi connectivity index (χ2n) is 8.72. The summed E-state index contributed by atoms with van der Waals surface area (Å²) in [4.78, 5) is 27.1. The van der Waals surface area contributed by atoms with E-state index >= 15 is 0 Å². The van der Waals surface area contributed by atoms with Gasteiger partial charge in [0.2, 0.25) is 17.7 Å². The molecule has 3 aliphatic rings. The number of amides is 2. The number of piperazine rings is 1. The first kappa shape index (κ1) is 20.1. The summed E-state index contributed by atoms with van der Waals surface area (Å²) in [6, 6.07) is 5.93. The Morgan fingerprint density at radius 3 is 2.87 bits per heavy atom. The van der Waals surface area contributed by atoms with E-state index in [-0.39, 0.29) is 47.3 Å². The fourth-order valence-corrected chi connectivity index (χ4v) is 5.06. The Balaban J connectivity index is 1.26. The molecule has 3 heterocycles. The number of nitrogens with zero attached hydrogens (tertiary/aromatic N) is 3. The van der Waals surface area contributed by atoms with Gasteiger partial charge in [-0.1, -0.05) is 25.0 Å². The van der Waals surface area contributed by atoms with E-state index in [4.69, 9.17) is 4.42 Å². The molecule has 2 amide bonds. The molecule has 0 spiro atoms. The maximum Gasteiger partial charge on any atom is 0.250 e. The third-order valence-corrected chi connectivity index (χ3v) is 6.68. The number of hydrogen-bond acceptors (Lipinski definition) is 6. The second-order valence-corrected chi connectivity index (χ2v) is 8.72. The number of aromatic nitrogens is 2. The SMILES string of the molecule is O=C(N[C@H]1C[C@H]2C(=O)NC[C@@H](Cc3nnc(-c4ccccc4F)o3)N2C1)C1CCCC1.